The Morgan fingerprint density at radius 2 is 0.438 bits per heavy atom. The summed E-state index contributed by atoms with van der Waals surface area (Å²) in [4.78, 5) is 189. The standard InChI is InChI=1S/C17H24O9.C15H20O9.C15H16O9.2C12H18O6.2C11H16O6/c1-10(18)4-2-6-14(21)25-11-8-23-17-12(9-24-16(11)17)26-15(22)7-3-5-13(19)20;2*1-8(16)2-4-12(19)23-9-6-21-15-10(7-22-14(9)15)24-13(20)5-3-11(17)18;1-7-5-16-12-8(6-17-11(7)12)18-10(15)4-2-3-9(13)14;1-7(13)3-2-4-10(15)18-9-6-17-11-8(14)5-16-12(9)11;1-6-4-15-11-7(5-16-10(6)11)17-9(14)3-2-8(12)13;1-6(12)2-3-9(14)17-8-5-16-10-7(13)4-15-11(8)10/h11-12,16-17H,2-9H2,1H3,(H,19,20);9-10,14-16H,1-7H2,(H,17,18);2-5,9-10,14-16H,1,6-7H2,(H,17,18);7-8,11-12H,2-6H2,1H3,(H,13,14);8-9,11-12,14H,2-6H2,1H3;6-7,10-11H,2-5H2,1H3,(H,12,13);7-8,10-13H,1-5H2/t11-,12+,16+,17+;2*9-,10+,14+,15+;7-,8+,11+,12+;8-,9+,11-,12-;6-,7+,10+,11+;7-,8+,10-,11-/m0000101/s1. The topological polar surface area (TPSA) is 714 Å². The van der Waals surface area contributed by atoms with E-state index in [1.807, 2.05) is 13.8 Å². The molecule has 14 saturated heterocycles. The van der Waals surface area contributed by atoms with Gasteiger partial charge in [0.15, 0.2) is 61.0 Å². The van der Waals surface area contributed by atoms with Crippen molar-refractivity contribution < 1.29 is 246 Å². The van der Waals surface area contributed by atoms with Gasteiger partial charge in [-0.15, -0.1) is 0 Å². The van der Waals surface area contributed by atoms with E-state index in [0.29, 0.717) is 76.4 Å². The molecule has 806 valence electrons. The zero-order valence-electron chi connectivity index (χ0n) is 79.8. The van der Waals surface area contributed by atoms with Crippen LogP contribution >= 0.6 is 0 Å². The number of carboxylic acids is 5. The minimum absolute atomic E-state index is 0.00315. The van der Waals surface area contributed by atoms with E-state index in [2.05, 4.69) is 19.7 Å². The van der Waals surface area contributed by atoms with Gasteiger partial charge in [-0.1, -0.05) is 33.6 Å². The molecule has 28 atom stereocenters. The zero-order chi connectivity index (χ0) is 106. The summed E-state index contributed by atoms with van der Waals surface area (Å²) in [5, 5.41) is 88.2. The second-order valence-corrected chi connectivity index (χ2v) is 35.5. The number of ether oxygens (including phenoxy) is 24. The number of fused-ring (bicyclic) bond motifs is 7. The third-order valence-corrected chi connectivity index (χ3v) is 23.6. The minimum atomic E-state index is -1.27. The Labute approximate surface area is 824 Å². The van der Waals surface area contributed by atoms with E-state index in [-0.39, 0.29) is 252 Å². The molecule has 0 aromatic heterocycles. The molecule has 0 bridgehead atoms. The monoisotopic (exact) mass is 2060 g/mol. The van der Waals surface area contributed by atoms with E-state index in [9.17, 15) is 91.7 Å². The summed E-state index contributed by atoms with van der Waals surface area (Å²) >= 11 is 0. The third kappa shape index (κ3) is 39.3. The molecule has 0 saturated carbocycles. The van der Waals surface area contributed by atoms with Gasteiger partial charge in [0.05, 0.1) is 155 Å². The van der Waals surface area contributed by atoms with Crippen molar-refractivity contribution in [2.24, 2.45) is 11.8 Å². The number of ketones is 2. The van der Waals surface area contributed by atoms with E-state index in [1.54, 1.807) is 0 Å². The number of esters is 10. The lowest BCUT2D eigenvalue weighted by Gasteiger charge is -2.17. The molecule has 14 heterocycles. The van der Waals surface area contributed by atoms with Crippen LogP contribution in [0.5, 0.6) is 0 Å². The van der Waals surface area contributed by atoms with Crippen LogP contribution in [0.4, 0.5) is 0 Å². The molecule has 14 aliphatic rings. The number of carbonyl (C=O) groups excluding carboxylic acids is 12. The second-order valence-electron chi connectivity index (χ2n) is 35.5. The molecule has 0 amide bonds. The maximum Gasteiger partial charge on any atom is 0.331 e. The van der Waals surface area contributed by atoms with Gasteiger partial charge in [-0.25, -0.2) is 14.4 Å². The highest BCUT2D eigenvalue weighted by Gasteiger charge is 2.57. The number of Topliss-reactive ketones (excluding diaryl/α,β-unsaturated/α-hetero) is 2. The van der Waals surface area contributed by atoms with Gasteiger partial charge in [0, 0.05) is 94.3 Å². The number of aliphatic hydroxyl groups is 5. The molecule has 51 heteroatoms. The van der Waals surface area contributed by atoms with Gasteiger partial charge in [-0.05, 0) is 45.6 Å². The Morgan fingerprint density at radius 3 is 0.681 bits per heavy atom. The summed E-state index contributed by atoms with van der Waals surface area (Å²) in [5.74, 6) is -10.2. The van der Waals surface area contributed by atoms with Crippen LogP contribution in [0.3, 0.4) is 0 Å². The number of aliphatic carboxylic acids is 5. The average Bonchev–Trinajstić information content (AvgIpc) is 1.65. The fraction of sp³-hybridized carbons (Fsp3) is 0.710. The smallest absolute Gasteiger partial charge is 0.331 e. The van der Waals surface area contributed by atoms with Gasteiger partial charge in [0.25, 0.3) is 0 Å². The van der Waals surface area contributed by atoms with Crippen LogP contribution in [0.1, 0.15) is 156 Å². The molecule has 0 spiro atoms. The van der Waals surface area contributed by atoms with Crippen molar-refractivity contribution in [2.45, 2.75) is 315 Å². The summed E-state index contributed by atoms with van der Waals surface area (Å²) < 4.78 is 129. The van der Waals surface area contributed by atoms with Gasteiger partial charge in [0.2, 0.25) is 0 Å². The van der Waals surface area contributed by atoms with Crippen molar-refractivity contribution in [3.63, 3.8) is 0 Å². The molecule has 0 radical (unpaired) electrons. The maximum atomic E-state index is 11.8. The molecular weight excluding hydrogens is 1930 g/mol. The molecule has 0 unspecified atom stereocenters. The maximum absolute atomic E-state index is 11.8. The molecule has 14 rings (SSSR count). The highest BCUT2D eigenvalue weighted by atomic mass is 16.7. The molecule has 144 heavy (non-hydrogen) atoms. The van der Waals surface area contributed by atoms with Gasteiger partial charge >= 0.3 is 89.5 Å². The van der Waals surface area contributed by atoms with E-state index in [0.717, 1.165) is 18.2 Å². The lowest BCUT2D eigenvalue weighted by atomic mass is 10.0. The first-order chi connectivity index (χ1) is 68.4. The van der Waals surface area contributed by atoms with Crippen molar-refractivity contribution in [1.29, 1.82) is 0 Å². The predicted octanol–water partition coefficient (Wildman–Crippen LogP) is 1.33. The Kier molecular flexibility index (Phi) is 48.8. The van der Waals surface area contributed by atoms with Crippen LogP contribution in [0.25, 0.3) is 0 Å². The highest BCUT2D eigenvalue weighted by Crippen LogP contribution is 2.38. The Balaban J connectivity index is 0.000000206. The number of aliphatic hydroxyl groups excluding tert-OH is 5. The molecule has 14 aliphatic heterocycles. The largest absolute Gasteiger partial charge is 0.513 e. The fourth-order valence-electron chi connectivity index (χ4n) is 16.6. The van der Waals surface area contributed by atoms with E-state index >= 15 is 0 Å². The lowest BCUT2D eigenvalue weighted by Crippen LogP contribution is -2.36. The number of hydrogen-bond acceptors (Lipinski definition) is 46. The Bertz CT molecular complexity index is 4170. The Morgan fingerprint density at radius 1 is 0.236 bits per heavy atom. The molecule has 14 fully saturated rings. The minimum Gasteiger partial charge on any atom is -0.513 e. The molecule has 10 N–H and O–H groups in total. The molecule has 0 aliphatic carbocycles. The number of rotatable bonds is 42. The first-order valence-corrected chi connectivity index (χ1v) is 46.9. The summed E-state index contributed by atoms with van der Waals surface area (Å²) in [6, 6.07) is 0. The van der Waals surface area contributed by atoms with Crippen LogP contribution in [-0.2, 0) is 195 Å². The summed E-state index contributed by atoms with van der Waals surface area (Å²) in [7, 11) is 0. The van der Waals surface area contributed by atoms with E-state index in [1.165, 1.54) is 13.8 Å². The van der Waals surface area contributed by atoms with Crippen LogP contribution in [0.2, 0.25) is 0 Å². The van der Waals surface area contributed by atoms with Crippen molar-refractivity contribution >= 4 is 101 Å². The summed E-state index contributed by atoms with van der Waals surface area (Å²) in [6.07, 6.45) is -6.39. The van der Waals surface area contributed by atoms with Gasteiger partial charge in [0.1, 0.15) is 103 Å². The first kappa shape index (κ1) is 118. The van der Waals surface area contributed by atoms with Crippen molar-refractivity contribution in [2.75, 3.05) is 92.5 Å². The lowest BCUT2D eigenvalue weighted by molar-refractivity contribution is -0.157. The zero-order valence-corrected chi connectivity index (χ0v) is 79.8. The van der Waals surface area contributed by atoms with Crippen LogP contribution in [-0.4, -0.2) is 403 Å². The molecule has 0 aromatic rings. The van der Waals surface area contributed by atoms with Gasteiger partial charge < -0.3 is 174 Å². The average molecular weight is 2060 g/mol. The number of allylic oxidation sites excluding steroid dienone is 3. The van der Waals surface area contributed by atoms with Crippen LogP contribution < -0.4 is 0 Å². The summed E-state index contributed by atoms with van der Waals surface area (Å²) in [6.45, 7) is 20.3. The SMILES string of the molecule is C=C(O)C=CC(=O)O[C@H]1CO[C@H]2[C@@H]1OC[C@H]2OC(=O)C=CC(=O)O.C=C(O)CCC(=O)O[C@H]1CO[C@H]2[C@@H]1OC[C@H]2O.C=C(O)CCC(=O)O[C@H]1CO[C@H]2[C@@H]1OC[C@H]2OC(=O)CCC(=O)O.CC(=O)CCCC(=O)O[C@H]1CO[C@H]2[C@@H]1OC[C@H]2O.CC(=O)CCCC(=O)O[C@H]1CO[C@H]2[C@@H]1OC[C@H]2OC(=O)CCCC(=O)O.C[C@H]1CO[C@H]2[C@@H]1OC[C@H]2OC(=O)CCC(=O)O.C[C@H]1CO[C@H]2[C@@H]1OC[C@H]2OC(=O)CCCC(=O)O. The quantitative estimate of drug-likeness (QED) is 0.0135. The third-order valence-electron chi connectivity index (χ3n) is 23.6. The number of hydrogen-bond donors (Lipinski definition) is 10. The van der Waals surface area contributed by atoms with E-state index in [4.69, 9.17) is 155 Å². The Hall–Kier alpha value is -11.1. The van der Waals surface area contributed by atoms with Crippen molar-refractivity contribution in [1.82, 2.24) is 0 Å². The van der Waals surface area contributed by atoms with Crippen LogP contribution in [0.15, 0.2) is 61.3 Å². The van der Waals surface area contributed by atoms with Gasteiger partial charge in [-0.3, -0.25) is 57.5 Å². The fourth-order valence-corrected chi connectivity index (χ4v) is 16.6. The summed E-state index contributed by atoms with van der Waals surface area (Å²) in [5.41, 5.74) is 0. The first-order valence-electron chi connectivity index (χ1n) is 46.9. The van der Waals surface area contributed by atoms with Gasteiger partial charge in [-0.2, -0.15) is 0 Å². The molecule has 0 aromatic carbocycles. The highest BCUT2D eigenvalue weighted by molar-refractivity contribution is 5.91. The van der Waals surface area contributed by atoms with Crippen molar-refractivity contribution in [3.05, 3.63) is 61.3 Å². The van der Waals surface area contributed by atoms with Crippen molar-refractivity contribution in [3.8, 4) is 0 Å². The predicted molar refractivity (Wildman–Crippen MR) is 471 cm³/mol. The number of carboxylic acid groups (broad SMARTS) is 5. The normalized spacial score (nSPS) is 31.3. The number of carbonyl (C=O) groups is 17. The molecular formula is C93H128O51. The molecule has 51 nitrogen and oxygen atoms in total. The van der Waals surface area contributed by atoms with Crippen LogP contribution in [0, 0.1) is 11.8 Å². The van der Waals surface area contributed by atoms with E-state index < -0.39 is 187 Å². The second kappa shape index (κ2) is 59.5.